The molecule has 0 aliphatic rings. The highest BCUT2D eigenvalue weighted by molar-refractivity contribution is 7.92. The lowest BCUT2D eigenvalue weighted by molar-refractivity contribution is 0.0696. The zero-order valence-corrected chi connectivity index (χ0v) is 11.6. The second kappa shape index (κ2) is 4.97. The number of carboxylic acid groups (broad SMARTS) is 1. The van der Waals surface area contributed by atoms with E-state index in [1.807, 2.05) is 0 Å². The molecule has 1 aromatic carbocycles. The van der Waals surface area contributed by atoms with E-state index in [1.165, 1.54) is 18.2 Å². The van der Waals surface area contributed by atoms with Gasteiger partial charge >= 0.3 is 5.97 Å². The number of aromatic nitrogens is 1. The van der Waals surface area contributed by atoms with Gasteiger partial charge in [-0.15, -0.1) is 0 Å². The van der Waals surface area contributed by atoms with Gasteiger partial charge in [-0.25, -0.2) is 13.2 Å². The Morgan fingerprint density at radius 2 is 2.00 bits per heavy atom. The fourth-order valence-electron chi connectivity index (χ4n) is 1.63. The van der Waals surface area contributed by atoms with Crippen molar-refractivity contribution in [3.8, 4) is 0 Å². The molecule has 0 saturated heterocycles. The molecule has 20 heavy (non-hydrogen) atoms. The minimum Gasteiger partial charge on any atom is -0.478 e. The van der Waals surface area contributed by atoms with E-state index in [0.717, 1.165) is 6.07 Å². The number of nitrogens with zero attached hydrogens (tertiary/aromatic N) is 1. The first-order chi connectivity index (χ1) is 9.29. The average Bonchev–Trinajstić information content (AvgIpc) is 2.73. The number of aromatic carboxylic acids is 1. The van der Waals surface area contributed by atoms with Crippen LogP contribution in [0.15, 0.2) is 33.7 Å². The van der Waals surface area contributed by atoms with Gasteiger partial charge in [0.25, 0.3) is 10.0 Å². The second-order valence-electron chi connectivity index (χ2n) is 4.21. The van der Waals surface area contributed by atoms with Crippen molar-refractivity contribution in [1.82, 2.24) is 5.16 Å². The van der Waals surface area contributed by atoms with E-state index in [9.17, 15) is 13.2 Å². The van der Waals surface area contributed by atoms with Crippen LogP contribution in [0.1, 0.15) is 21.7 Å². The Hall–Kier alpha value is -2.35. The molecule has 0 saturated carbocycles. The lowest BCUT2D eigenvalue weighted by Crippen LogP contribution is -2.15. The number of aryl methyl sites for hydroxylation is 2. The largest absolute Gasteiger partial charge is 0.478 e. The number of carboxylic acids is 1. The van der Waals surface area contributed by atoms with Crippen molar-refractivity contribution < 1.29 is 22.8 Å². The van der Waals surface area contributed by atoms with Gasteiger partial charge in [0.05, 0.1) is 10.5 Å². The molecule has 0 aliphatic heterocycles. The molecule has 0 amide bonds. The summed E-state index contributed by atoms with van der Waals surface area (Å²) in [5, 5.41) is 12.4. The molecule has 106 valence electrons. The molecule has 0 bridgehead atoms. The molecule has 0 unspecified atom stereocenters. The van der Waals surface area contributed by atoms with Crippen LogP contribution in [0.25, 0.3) is 0 Å². The van der Waals surface area contributed by atoms with Crippen LogP contribution < -0.4 is 4.72 Å². The molecule has 0 atom stereocenters. The van der Waals surface area contributed by atoms with E-state index in [0.29, 0.717) is 11.3 Å². The number of nitrogens with one attached hydrogen (secondary N) is 1. The van der Waals surface area contributed by atoms with Crippen molar-refractivity contribution in [2.24, 2.45) is 0 Å². The van der Waals surface area contributed by atoms with E-state index < -0.39 is 16.0 Å². The van der Waals surface area contributed by atoms with Crippen molar-refractivity contribution >= 4 is 21.8 Å². The normalized spacial score (nSPS) is 11.3. The Bertz CT molecular complexity index is 764. The Morgan fingerprint density at radius 3 is 2.55 bits per heavy atom. The third kappa shape index (κ3) is 2.80. The van der Waals surface area contributed by atoms with Crippen LogP contribution in [-0.4, -0.2) is 24.7 Å². The summed E-state index contributed by atoms with van der Waals surface area (Å²) in [6.07, 6.45) is 0. The number of hydrogen-bond acceptors (Lipinski definition) is 5. The molecular formula is C12H12N2O5S. The molecule has 8 heteroatoms. The van der Waals surface area contributed by atoms with Crippen LogP contribution in [0.3, 0.4) is 0 Å². The predicted octanol–water partition coefficient (Wildman–Crippen LogP) is 1.79. The molecule has 0 aliphatic carbocycles. The van der Waals surface area contributed by atoms with Gasteiger partial charge in [0.15, 0.2) is 5.82 Å². The van der Waals surface area contributed by atoms with Crippen LogP contribution in [0.4, 0.5) is 5.82 Å². The number of carbonyl (C=O) groups is 1. The van der Waals surface area contributed by atoms with Crippen LogP contribution >= 0.6 is 0 Å². The summed E-state index contributed by atoms with van der Waals surface area (Å²) in [6, 6.07) is 5.31. The van der Waals surface area contributed by atoms with Gasteiger partial charge in [-0.1, -0.05) is 11.2 Å². The maximum absolute atomic E-state index is 12.2. The summed E-state index contributed by atoms with van der Waals surface area (Å²) in [5.74, 6) is -0.694. The SMILES string of the molecule is Cc1cc(NS(=O)(=O)c2cc(C(=O)O)ccc2C)no1. The van der Waals surface area contributed by atoms with Crippen molar-refractivity contribution in [1.29, 1.82) is 0 Å². The maximum Gasteiger partial charge on any atom is 0.335 e. The van der Waals surface area contributed by atoms with Gasteiger partial charge in [-0.05, 0) is 31.5 Å². The Labute approximate surface area is 115 Å². The van der Waals surface area contributed by atoms with Crippen LogP contribution in [-0.2, 0) is 10.0 Å². The molecule has 2 rings (SSSR count). The summed E-state index contributed by atoms with van der Waals surface area (Å²) >= 11 is 0. The summed E-state index contributed by atoms with van der Waals surface area (Å²) < 4.78 is 31.4. The highest BCUT2D eigenvalue weighted by atomic mass is 32.2. The fraction of sp³-hybridized carbons (Fsp3) is 0.167. The first-order valence-corrected chi connectivity index (χ1v) is 7.08. The first kappa shape index (κ1) is 14.1. The van der Waals surface area contributed by atoms with Crippen molar-refractivity contribution in [3.63, 3.8) is 0 Å². The van der Waals surface area contributed by atoms with Crippen LogP contribution in [0.2, 0.25) is 0 Å². The van der Waals surface area contributed by atoms with E-state index in [-0.39, 0.29) is 16.3 Å². The van der Waals surface area contributed by atoms with Crippen molar-refractivity contribution in [2.45, 2.75) is 18.7 Å². The van der Waals surface area contributed by atoms with E-state index in [1.54, 1.807) is 13.8 Å². The fourth-order valence-corrected chi connectivity index (χ4v) is 2.89. The highest BCUT2D eigenvalue weighted by Crippen LogP contribution is 2.20. The molecule has 7 nitrogen and oxygen atoms in total. The predicted molar refractivity (Wildman–Crippen MR) is 70.2 cm³/mol. The molecule has 2 N–H and O–H groups in total. The van der Waals surface area contributed by atoms with Gasteiger partial charge in [-0.2, -0.15) is 0 Å². The number of sulfonamides is 1. The Kier molecular flexibility index (Phi) is 3.49. The quantitative estimate of drug-likeness (QED) is 0.890. The summed E-state index contributed by atoms with van der Waals surface area (Å²) in [6.45, 7) is 3.20. The zero-order chi connectivity index (χ0) is 14.9. The average molecular weight is 296 g/mol. The maximum atomic E-state index is 12.2. The lowest BCUT2D eigenvalue weighted by Gasteiger charge is -2.08. The summed E-state index contributed by atoms with van der Waals surface area (Å²) in [5.41, 5.74) is 0.329. The van der Waals surface area contributed by atoms with Crippen molar-refractivity contribution in [2.75, 3.05) is 4.72 Å². The third-order valence-electron chi connectivity index (χ3n) is 2.59. The second-order valence-corrected chi connectivity index (χ2v) is 5.86. The summed E-state index contributed by atoms with van der Waals surface area (Å²) in [7, 11) is -3.92. The van der Waals surface area contributed by atoms with E-state index in [2.05, 4.69) is 9.88 Å². The van der Waals surface area contributed by atoms with Gasteiger partial charge in [0.1, 0.15) is 5.76 Å². The standard InChI is InChI=1S/C12H12N2O5S/c1-7-3-4-9(12(15)16)6-10(7)20(17,18)14-11-5-8(2)19-13-11/h3-6H,1-2H3,(H,13,14)(H,15,16). The smallest absolute Gasteiger partial charge is 0.335 e. The van der Waals surface area contributed by atoms with Gasteiger partial charge in [-0.3, -0.25) is 4.72 Å². The van der Waals surface area contributed by atoms with Gasteiger partial charge < -0.3 is 9.63 Å². The van der Waals surface area contributed by atoms with E-state index >= 15 is 0 Å². The number of rotatable bonds is 4. The van der Waals surface area contributed by atoms with Crippen molar-refractivity contribution in [3.05, 3.63) is 41.2 Å². The van der Waals surface area contributed by atoms with Gasteiger partial charge in [0.2, 0.25) is 0 Å². The third-order valence-corrected chi connectivity index (χ3v) is 4.09. The molecular weight excluding hydrogens is 284 g/mol. The topological polar surface area (TPSA) is 110 Å². The molecule has 1 aromatic heterocycles. The highest BCUT2D eigenvalue weighted by Gasteiger charge is 2.20. The Balaban J connectivity index is 2.43. The lowest BCUT2D eigenvalue weighted by atomic mass is 10.1. The molecule has 1 heterocycles. The van der Waals surface area contributed by atoms with E-state index in [4.69, 9.17) is 9.63 Å². The summed E-state index contributed by atoms with van der Waals surface area (Å²) in [4.78, 5) is 10.8. The number of anilines is 1. The van der Waals surface area contributed by atoms with Crippen LogP contribution in [0.5, 0.6) is 0 Å². The Morgan fingerprint density at radius 1 is 1.30 bits per heavy atom. The number of benzene rings is 1. The first-order valence-electron chi connectivity index (χ1n) is 5.60. The van der Waals surface area contributed by atoms with Crippen LogP contribution in [0, 0.1) is 13.8 Å². The minimum absolute atomic E-state index is 0.0441. The molecule has 2 aromatic rings. The monoisotopic (exact) mass is 296 g/mol. The van der Waals surface area contributed by atoms with Gasteiger partial charge in [0, 0.05) is 6.07 Å². The minimum atomic E-state index is -3.92. The molecule has 0 spiro atoms. The molecule has 0 fully saturated rings. The molecule has 0 radical (unpaired) electrons. The number of hydrogen-bond donors (Lipinski definition) is 2. The zero-order valence-electron chi connectivity index (χ0n) is 10.7.